The van der Waals surface area contributed by atoms with Gasteiger partial charge in [-0.05, 0) is 12.0 Å². The molecule has 0 atom stereocenters. The lowest BCUT2D eigenvalue weighted by Gasteiger charge is -2.22. The molecule has 2 heterocycles. The third kappa shape index (κ3) is 4.84. The Labute approximate surface area is 159 Å². The minimum Gasteiger partial charge on any atom is -0.447 e. The van der Waals surface area contributed by atoms with Crippen molar-refractivity contribution in [2.24, 2.45) is 5.41 Å². The van der Waals surface area contributed by atoms with E-state index in [1.165, 1.54) is 11.8 Å². The van der Waals surface area contributed by atoms with Crippen molar-refractivity contribution in [3.05, 3.63) is 60.1 Å². The fourth-order valence-electron chi connectivity index (χ4n) is 3.01. The van der Waals surface area contributed by atoms with Crippen LogP contribution in [0.5, 0.6) is 0 Å². The molecule has 0 aliphatic carbocycles. The summed E-state index contributed by atoms with van der Waals surface area (Å²) in [6.07, 6.45) is 7.64. The summed E-state index contributed by atoms with van der Waals surface area (Å²) in [6, 6.07) is 8.45. The number of benzene rings is 1. The summed E-state index contributed by atoms with van der Waals surface area (Å²) in [7, 11) is 0. The first-order valence-electron chi connectivity index (χ1n) is 9.28. The normalized spacial score (nSPS) is 11.5. The summed E-state index contributed by atoms with van der Waals surface area (Å²) >= 11 is 0. The van der Waals surface area contributed by atoms with E-state index in [1.54, 1.807) is 12.4 Å². The van der Waals surface area contributed by atoms with E-state index in [1.807, 2.05) is 13.8 Å². The van der Waals surface area contributed by atoms with Gasteiger partial charge in [0.05, 0.1) is 12.7 Å². The number of oxazole rings is 1. The number of amides is 1. The molecule has 0 aliphatic heterocycles. The molecule has 3 rings (SSSR count). The molecular formula is C21H26N4O2. The summed E-state index contributed by atoms with van der Waals surface area (Å²) in [5, 5.41) is 2.87. The molecule has 0 aliphatic rings. The van der Waals surface area contributed by atoms with Crippen LogP contribution in [0.1, 0.15) is 44.3 Å². The third-order valence-corrected chi connectivity index (χ3v) is 4.53. The summed E-state index contributed by atoms with van der Waals surface area (Å²) in [5.41, 5.74) is 2.73. The van der Waals surface area contributed by atoms with Gasteiger partial charge in [-0.1, -0.05) is 51.5 Å². The number of rotatable bonds is 8. The molecule has 2 N–H and O–H groups in total. The largest absolute Gasteiger partial charge is 0.447 e. The maximum absolute atomic E-state index is 12.5. The van der Waals surface area contributed by atoms with E-state index in [2.05, 4.69) is 51.5 Å². The highest BCUT2D eigenvalue weighted by Gasteiger charge is 2.28. The van der Waals surface area contributed by atoms with Crippen LogP contribution in [-0.2, 0) is 24.2 Å². The van der Waals surface area contributed by atoms with Gasteiger partial charge in [0, 0.05) is 29.3 Å². The lowest BCUT2D eigenvalue weighted by atomic mass is 9.87. The summed E-state index contributed by atoms with van der Waals surface area (Å²) in [5.74, 6) is 1.26. The van der Waals surface area contributed by atoms with Crippen LogP contribution >= 0.6 is 0 Å². The Kier molecular flexibility index (Phi) is 5.74. The van der Waals surface area contributed by atoms with Crippen LogP contribution in [-0.4, -0.2) is 20.9 Å². The Bertz CT molecular complexity index is 864. The van der Waals surface area contributed by atoms with E-state index in [-0.39, 0.29) is 12.5 Å². The number of aromatic amines is 1. The van der Waals surface area contributed by atoms with E-state index in [0.717, 1.165) is 29.9 Å². The summed E-state index contributed by atoms with van der Waals surface area (Å²) < 4.78 is 5.15. The smallest absolute Gasteiger partial charge is 0.226 e. The van der Waals surface area contributed by atoms with Gasteiger partial charge in [-0.25, -0.2) is 9.97 Å². The number of aromatic nitrogens is 3. The van der Waals surface area contributed by atoms with Crippen LogP contribution in [0, 0.1) is 5.41 Å². The quantitative estimate of drug-likeness (QED) is 0.633. The van der Waals surface area contributed by atoms with Crippen LogP contribution in [0.15, 0.2) is 47.3 Å². The van der Waals surface area contributed by atoms with Crippen molar-refractivity contribution < 1.29 is 9.21 Å². The van der Waals surface area contributed by atoms with Crippen LogP contribution in [0.4, 0.5) is 0 Å². The zero-order chi connectivity index (χ0) is 19.3. The minimum atomic E-state index is -0.582. The van der Waals surface area contributed by atoms with E-state index < -0.39 is 5.41 Å². The van der Waals surface area contributed by atoms with Gasteiger partial charge in [-0.2, -0.15) is 0 Å². The van der Waals surface area contributed by atoms with Crippen molar-refractivity contribution in [1.29, 1.82) is 0 Å². The fraction of sp³-hybridized carbons (Fsp3) is 0.381. The highest BCUT2D eigenvalue weighted by molar-refractivity contribution is 5.82. The minimum absolute atomic E-state index is 0.0548. The van der Waals surface area contributed by atoms with Gasteiger partial charge in [0.2, 0.25) is 11.8 Å². The van der Waals surface area contributed by atoms with Gasteiger partial charge in [0.25, 0.3) is 0 Å². The molecule has 1 aromatic carbocycles. The average Bonchev–Trinajstić information content (AvgIpc) is 3.32. The molecule has 0 saturated heterocycles. The molecule has 2 aromatic heterocycles. The first-order chi connectivity index (χ1) is 13.0. The van der Waals surface area contributed by atoms with Gasteiger partial charge in [0.1, 0.15) is 12.1 Å². The van der Waals surface area contributed by atoms with Crippen molar-refractivity contribution in [3.63, 3.8) is 0 Å². The molecule has 0 spiro atoms. The Morgan fingerprint density at radius 3 is 2.67 bits per heavy atom. The zero-order valence-corrected chi connectivity index (χ0v) is 16.1. The molecule has 142 valence electrons. The van der Waals surface area contributed by atoms with Crippen molar-refractivity contribution in [1.82, 2.24) is 20.3 Å². The fourth-order valence-corrected chi connectivity index (χ4v) is 3.01. The molecular weight excluding hydrogens is 340 g/mol. The molecule has 0 fully saturated rings. The Morgan fingerprint density at radius 2 is 2.00 bits per heavy atom. The number of H-pyrrole nitrogens is 1. The second kappa shape index (κ2) is 8.20. The highest BCUT2D eigenvalue weighted by Crippen LogP contribution is 2.24. The number of nitrogens with zero attached hydrogens (tertiary/aromatic N) is 2. The molecule has 6 heteroatoms. The lowest BCUT2D eigenvalue weighted by molar-refractivity contribution is -0.129. The molecule has 0 bridgehead atoms. The van der Waals surface area contributed by atoms with Crippen LogP contribution in [0.25, 0.3) is 11.4 Å². The first kappa shape index (κ1) is 18.9. The van der Waals surface area contributed by atoms with Crippen molar-refractivity contribution in [2.45, 2.75) is 46.6 Å². The van der Waals surface area contributed by atoms with E-state index in [0.29, 0.717) is 12.3 Å². The number of imidazole rings is 1. The van der Waals surface area contributed by atoms with Gasteiger partial charge in [-0.15, -0.1) is 0 Å². The molecule has 0 unspecified atom stereocenters. The molecule has 3 aromatic rings. The van der Waals surface area contributed by atoms with Gasteiger partial charge in [0.15, 0.2) is 0 Å². The molecule has 27 heavy (non-hydrogen) atoms. The van der Waals surface area contributed by atoms with E-state index in [4.69, 9.17) is 4.42 Å². The van der Waals surface area contributed by atoms with E-state index >= 15 is 0 Å². The predicted molar refractivity (Wildman–Crippen MR) is 104 cm³/mol. The van der Waals surface area contributed by atoms with Crippen LogP contribution < -0.4 is 5.32 Å². The van der Waals surface area contributed by atoms with Gasteiger partial charge < -0.3 is 14.7 Å². The number of carbonyl (C=O) groups excluding carboxylic acids is 1. The zero-order valence-electron chi connectivity index (χ0n) is 16.1. The number of aryl methyl sites for hydroxylation is 1. The van der Waals surface area contributed by atoms with Gasteiger partial charge in [-0.3, -0.25) is 4.79 Å². The van der Waals surface area contributed by atoms with Crippen LogP contribution in [0.3, 0.4) is 0 Å². The number of carbonyl (C=O) groups is 1. The Hall–Kier alpha value is -2.89. The van der Waals surface area contributed by atoms with Crippen molar-refractivity contribution in [3.8, 4) is 11.4 Å². The topological polar surface area (TPSA) is 83.8 Å². The molecule has 0 radical (unpaired) electrons. The second-order valence-electron chi connectivity index (χ2n) is 7.37. The summed E-state index contributed by atoms with van der Waals surface area (Å²) in [4.78, 5) is 24.4. The summed E-state index contributed by atoms with van der Waals surface area (Å²) in [6.45, 7) is 6.29. The van der Waals surface area contributed by atoms with Crippen LogP contribution in [0.2, 0.25) is 0 Å². The Morgan fingerprint density at radius 1 is 1.22 bits per heavy atom. The van der Waals surface area contributed by atoms with Gasteiger partial charge >= 0.3 is 0 Å². The SMILES string of the molecule is CCCc1ccc(-c2ncc(CC(C)(C)C(=O)NCc3ncco3)[nH]2)cc1. The Balaban J connectivity index is 1.62. The van der Waals surface area contributed by atoms with Crippen molar-refractivity contribution >= 4 is 5.91 Å². The number of hydrogen-bond acceptors (Lipinski definition) is 4. The maximum Gasteiger partial charge on any atom is 0.226 e. The first-order valence-corrected chi connectivity index (χ1v) is 9.28. The third-order valence-electron chi connectivity index (χ3n) is 4.53. The molecule has 1 amide bonds. The number of hydrogen-bond donors (Lipinski definition) is 2. The average molecular weight is 366 g/mol. The molecule has 0 saturated carbocycles. The predicted octanol–water partition coefficient (Wildman–Crippen LogP) is 3.90. The van der Waals surface area contributed by atoms with Crippen molar-refractivity contribution in [2.75, 3.05) is 0 Å². The maximum atomic E-state index is 12.5. The molecule has 6 nitrogen and oxygen atoms in total. The van der Waals surface area contributed by atoms with E-state index in [9.17, 15) is 4.79 Å². The highest BCUT2D eigenvalue weighted by atomic mass is 16.3. The monoisotopic (exact) mass is 366 g/mol. The standard InChI is InChI=1S/C21H26N4O2/c1-4-5-15-6-8-16(9-7-15)19-23-13-17(25-19)12-21(2,3)20(26)24-14-18-22-10-11-27-18/h6-11,13H,4-5,12,14H2,1-3H3,(H,23,25)(H,24,26). The lowest BCUT2D eigenvalue weighted by Crippen LogP contribution is -2.38. The number of nitrogens with one attached hydrogen (secondary N) is 2. The second-order valence-corrected chi connectivity index (χ2v) is 7.37.